The van der Waals surface area contributed by atoms with Crippen molar-refractivity contribution in [2.24, 2.45) is 23.2 Å². The average Bonchev–Trinajstić information content (AvgIpc) is 3.60. The van der Waals surface area contributed by atoms with Crippen LogP contribution in [0.2, 0.25) is 0 Å². The molecular formula is C37H49BN4O7. The van der Waals surface area contributed by atoms with Crippen molar-refractivity contribution in [3.05, 3.63) is 66.2 Å². The van der Waals surface area contributed by atoms with Crippen molar-refractivity contribution in [2.45, 2.75) is 97.2 Å². The molecule has 3 aliphatic carbocycles. The average molecular weight is 673 g/mol. The lowest BCUT2D eigenvalue weighted by molar-refractivity contribution is -0.199. The first-order valence-corrected chi connectivity index (χ1v) is 17.6. The van der Waals surface area contributed by atoms with Gasteiger partial charge < -0.3 is 29.6 Å². The summed E-state index contributed by atoms with van der Waals surface area (Å²) in [7, 11) is -0.661. The van der Waals surface area contributed by atoms with Crippen LogP contribution >= 0.6 is 0 Å². The Labute approximate surface area is 289 Å². The van der Waals surface area contributed by atoms with Gasteiger partial charge in [-0.1, -0.05) is 83.1 Å². The monoisotopic (exact) mass is 672 g/mol. The zero-order chi connectivity index (χ0) is 35.1. The summed E-state index contributed by atoms with van der Waals surface area (Å²) in [5, 5.41) is 5.85. The van der Waals surface area contributed by atoms with Crippen LogP contribution in [0, 0.1) is 23.2 Å². The van der Waals surface area contributed by atoms with Gasteiger partial charge in [0.15, 0.2) is 0 Å². The molecule has 5 fully saturated rings. The second-order valence-electron chi connectivity index (χ2n) is 15.1. The molecule has 2 N–H and O–H groups in total. The van der Waals surface area contributed by atoms with Crippen molar-refractivity contribution in [1.29, 1.82) is 0 Å². The third-order valence-corrected chi connectivity index (χ3v) is 11.3. The van der Waals surface area contributed by atoms with Crippen LogP contribution in [-0.4, -0.2) is 83.6 Å². The SMILES string of the molecule is CC[C@H](NC(=O)[C@@H]1CN(CC(=O)Nc2ccccc2)C(=O)N1C(=O)[C@@H](OCc1ccccc1)C(C)C)B1O[C@@H]2CC3CC(C3(C)C)[C@]2(C)O1. The van der Waals surface area contributed by atoms with Crippen LogP contribution in [0.5, 0.6) is 0 Å². The molecule has 7 atom stereocenters. The molecule has 5 aliphatic rings. The number of amides is 5. The Morgan fingerprint density at radius 3 is 2.33 bits per heavy atom. The minimum Gasteiger partial charge on any atom is -0.404 e. The number of benzene rings is 2. The van der Waals surface area contributed by atoms with Crippen LogP contribution in [0.25, 0.3) is 0 Å². The van der Waals surface area contributed by atoms with E-state index in [0.29, 0.717) is 23.9 Å². The first-order chi connectivity index (χ1) is 23.3. The molecule has 0 spiro atoms. The molecule has 11 nitrogen and oxygen atoms in total. The number of carbonyl (C=O) groups is 4. The number of carbonyl (C=O) groups excluding carboxylic acids is 4. The summed E-state index contributed by atoms with van der Waals surface area (Å²) < 4.78 is 19.2. The molecule has 2 bridgehead atoms. The Kier molecular flexibility index (Phi) is 9.94. The first kappa shape index (κ1) is 35.1. The summed E-state index contributed by atoms with van der Waals surface area (Å²) in [6.45, 7) is 12.0. The minimum atomic E-state index is -1.19. The topological polar surface area (TPSA) is 127 Å². The molecule has 0 aromatic heterocycles. The van der Waals surface area contributed by atoms with E-state index in [-0.39, 0.29) is 37.1 Å². The summed E-state index contributed by atoms with van der Waals surface area (Å²) in [6.07, 6.45) is 1.48. The lowest BCUT2D eigenvalue weighted by Gasteiger charge is -2.64. The largest absolute Gasteiger partial charge is 0.481 e. The zero-order valence-electron chi connectivity index (χ0n) is 29.4. The molecule has 2 unspecified atom stereocenters. The van der Waals surface area contributed by atoms with Gasteiger partial charge in [0.25, 0.3) is 5.91 Å². The summed E-state index contributed by atoms with van der Waals surface area (Å²) in [5.74, 6) is -1.43. The van der Waals surface area contributed by atoms with Gasteiger partial charge in [0, 0.05) is 5.69 Å². The fraction of sp³-hybridized carbons (Fsp3) is 0.568. The molecule has 3 saturated carbocycles. The van der Waals surface area contributed by atoms with Crippen molar-refractivity contribution in [3.63, 3.8) is 0 Å². The van der Waals surface area contributed by atoms with Crippen LogP contribution in [0.1, 0.15) is 66.4 Å². The number of nitrogens with one attached hydrogen (secondary N) is 2. The van der Waals surface area contributed by atoms with Crippen LogP contribution in [0.4, 0.5) is 10.5 Å². The number of hydrogen-bond acceptors (Lipinski definition) is 7. The number of rotatable bonds is 12. The summed E-state index contributed by atoms with van der Waals surface area (Å²) in [6, 6.07) is 16.4. The highest BCUT2D eigenvalue weighted by molar-refractivity contribution is 6.48. The zero-order valence-corrected chi connectivity index (χ0v) is 29.4. The third kappa shape index (κ3) is 6.75. The second-order valence-corrected chi connectivity index (χ2v) is 15.1. The van der Waals surface area contributed by atoms with Crippen LogP contribution in [0.15, 0.2) is 60.7 Å². The second kappa shape index (κ2) is 13.9. The molecule has 0 radical (unpaired) electrons. The normalized spacial score (nSPS) is 28.1. The molecule has 7 rings (SSSR count). The highest BCUT2D eigenvalue weighted by Crippen LogP contribution is 2.65. The van der Waals surface area contributed by atoms with E-state index in [2.05, 4.69) is 31.4 Å². The number of urea groups is 1. The van der Waals surface area contributed by atoms with E-state index >= 15 is 0 Å². The van der Waals surface area contributed by atoms with Crippen molar-refractivity contribution >= 4 is 36.6 Å². The first-order valence-electron chi connectivity index (χ1n) is 17.6. The standard InChI is InChI=1S/C37H49BN4O7/c1-7-30(38-48-29-19-25-18-28(36(25,4)5)37(29,6)49-38)40-33(44)27-20-41(21-31(43)39-26-16-12-9-13-17-26)35(46)42(27)34(45)32(23(2)3)47-22-24-14-10-8-11-15-24/h8-17,23,25,27-30,32H,7,18-22H2,1-6H3,(H,39,43)(H,40,44)/t25?,27-,28?,29+,30-,32-,37-/m0/s1. The van der Waals surface area contributed by atoms with Crippen LogP contribution in [-0.2, 0) is 35.0 Å². The molecule has 12 heteroatoms. The quantitative estimate of drug-likeness (QED) is 0.314. The molecule has 2 heterocycles. The Bertz CT molecular complexity index is 1540. The Morgan fingerprint density at radius 1 is 1.02 bits per heavy atom. The fourth-order valence-corrected chi connectivity index (χ4v) is 8.29. The molecular weight excluding hydrogens is 623 g/mol. The molecule has 2 saturated heterocycles. The number of hydrogen-bond donors (Lipinski definition) is 2. The van der Waals surface area contributed by atoms with E-state index < -0.39 is 54.6 Å². The predicted molar refractivity (Wildman–Crippen MR) is 185 cm³/mol. The number of nitrogens with zero attached hydrogens (tertiary/aromatic N) is 2. The highest BCUT2D eigenvalue weighted by atomic mass is 16.7. The predicted octanol–water partition coefficient (Wildman–Crippen LogP) is 4.66. The fourth-order valence-electron chi connectivity index (χ4n) is 8.29. The minimum absolute atomic E-state index is 0.0569. The van der Waals surface area contributed by atoms with Gasteiger partial charge in [0.1, 0.15) is 18.7 Å². The van der Waals surface area contributed by atoms with Gasteiger partial charge in [-0.25, -0.2) is 9.69 Å². The van der Waals surface area contributed by atoms with E-state index in [4.69, 9.17) is 14.0 Å². The molecule has 262 valence electrons. The van der Waals surface area contributed by atoms with Crippen LogP contribution in [0.3, 0.4) is 0 Å². The Hall–Kier alpha value is -3.74. The van der Waals surface area contributed by atoms with Gasteiger partial charge in [-0.05, 0) is 67.1 Å². The summed E-state index contributed by atoms with van der Waals surface area (Å²) in [5.41, 5.74) is 1.18. The van der Waals surface area contributed by atoms with Crippen molar-refractivity contribution in [3.8, 4) is 0 Å². The third-order valence-electron chi connectivity index (χ3n) is 11.3. The number of anilines is 1. The lowest BCUT2D eigenvalue weighted by Crippen LogP contribution is -2.65. The number of imide groups is 1. The van der Waals surface area contributed by atoms with Gasteiger partial charge in [-0.2, -0.15) is 0 Å². The Balaban J connectivity index is 1.20. The van der Waals surface area contributed by atoms with Gasteiger partial charge >= 0.3 is 13.1 Å². The van der Waals surface area contributed by atoms with E-state index in [1.54, 1.807) is 24.3 Å². The number of para-hydroxylation sites is 1. The molecule has 5 amide bonds. The molecule has 2 aromatic carbocycles. The Morgan fingerprint density at radius 2 is 1.69 bits per heavy atom. The maximum atomic E-state index is 14.2. The van der Waals surface area contributed by atoms with Crippen molar-refractivity contribution in [2.75, 3.05) is 18.4 Å². The smallest absolute Gasteiger partial charge is 0.404 e. The maximum Gasteiger partial charge on any atom is 0.481 e. The van der Waals surface area contributed by atoms with E-state index in [9.17, 15) is 19.2 Å². The van der Waals surface area contributed by atoms with E-state index in [0.717, 1.165) is 23.3 Å². The van der Waals surface area contributed by atoms with Gasteiger partial charge in [-0.3, -0.25) is 14.4 Å². The molecule has 2 aromatic rings. The van der Waals surface area contributed by atoms with E-state index in [1.165, 1.54) is 4.90 Å². The van der Waals surface area contributed by atoms with E-state index in [1.807, 2.05) is 57.2 Å². The van der Waals surface area contributed by atoms with Crippen molar-refractivity contribution < 1.29 is 33.2 Å². The van der Waals surface area contributed by atoms with Crippen LogP contribution < -0.4 is 10.6 Å². The van der Waals surface area contributed by atoms with Gasteiger partial charge in [-0.15, -0.1) is 0 Å². The summed E-state index contributed by atoms with van der Waals surface area (Å²) >= 11 is 0. The van der Waals surface area contributed by atoms with Gasteiger partial charge in [0.2, 0.25) is 11.8 Å². The molecule has 49 heavy (non-hydrogen) atoms. The lowest BCUT2D eigenvalue weighted by atomic mass is 9.43. The highest BCUT2D eigenvalue weighted by Gasteiger charge is 2.68. The summed E-state index contributed by atoms with van der Waals surface area (Å²) in [4.78, 5) is 57.6. The maximum absolute atomic E-state index is 14.2. The number of ether oxygens (including phenoxy) is 1. The van der Waals surface area contributed by atoms with Crippen molar-refractivity contribution in [1.82, 2.24) is 15.1 Å². The van der Waals surface area contributed by atoms with Gasteiger partial charge in [0.05, 0.1) is 30.8 Å². The molecule has 2 aliphatic heterocycles.